The molecule has 0 saturated heterocycles. The highest BCUT2D eigenvalue weighted by atomic mass is 32.2. The second-order valence-corrected chi connectivity index (χ2v) is 8.39. The lowest BCUT2D eigenvalue weighted by molar-refractivity contribution is -0.119. The summed E-state index contributed by atoms with van der Waals surface area (Å²) >= 11 is 1.36. The average Bonchev–Trinajstić information content (AvgIpc) is 3.52. The third-order valence-electron chi connectivity index (χ3n) is 5.24. The molecule has 0 aliphatic heterocycles. The standard InChI is InChI=1S/C25H26N4O3S/c1-3-21(19-11-13-20(31-2)14-12-19)26-23(30)17-33-25-28-27-24(22-10-7-15-32-22)29(25)16-18-8-5-4-6-9-18/h4-15,21H,3,16-17H2,1-2H3,(H,26,30). The second kappa shape index (κ2) is 10.9. The van der Waals surface area contributed by atoms with Crippen molar-refractivity contribution in [2.24, 2.45) is 0 Å². The van der Waals surface area contributed by atoms with E-state index < -0.39 is 0 Å². The summed E-state index contributed by atoms with van der Waals surface area (Å²) in [7, 11) is 1.64. The van der Waals surface area contributed by atoms with Crippen molar-refractivity contribution in [1.82, 2.24) is 20.1 Å². The Bertz CT molecular complexity index is 1160. The van der Waals surface area contributed by atoms with E-state index in [1.54, 1.807) is 13.4 Å². The van der Waals surface area contributed by atoms with Gasteiger partial charge in [0.1, 0.15) is 5.75 Å². The highest BCUT2D eigenvalue weighted by Crippen LogP contribution is 2.26. The first-order chi connectivity index (χ1) is 16.2. The van der Waals surface area contributed by atoms with Gasteiger partial charge in [-0.05, 0) is 41.8 Å². The van der Waals surface area contributed by atoms with E-state index in [1.165, 1.54) is 11.8 Å². The van der Waals surface area contributed by atoms with Gasteiger partial charge in [0.25, 0.3) is 0 Å². The Morgan fingerprint density at radius 2 is 1.88 bits per heavy atom. The van der Waals surface area contributed by atoms with Crippen LogP contribution in [0.5, 0.6) is 5.75 Å². The van der Waals surface area contributed by atoms with Crippen molar-refractivity contribution in [1.29, 1.82) is 0 Å². The molecule has 1 N–H and O–H groups in total. The molecule has 0 aliphatic carbocycles. The normalized spacial score (nSPS) is 11.8. The van der Waals surface area contributed by atoms with Crippen LogP contribution < -0.4 is 10.1 Å². The maximum atomic E-state index is 12.8. The summed E-state index contributed by atoms with van der Waals surface area (Å²) in [6, 6.07) is 21.4. The Morgan fingerprint density at radius 1 is 1.09 bits per heavy atom. The number of amides is 1. The molecule has 1 amide bonds. The largest absolute Gasteiger partial charge is 0.497 e. The van der Waals surface area contributed by atoms with Crippen LogP contribution in [0.4, 0.5) is 0 Å². The second-order valence-electron chi connectivity index (χ2n) is 7.45. The van der Waals surface area contributed by atoms with Crippen molar-refractivity contribution >= 4 is 17.7 Å². The number of hydrogen-bond acceptors (Lipinski definition) is 6. The predicted octanol–water partition coefficient (Wildman–Crippen LogP) is 4.95. The fourth-order valence-corrected chi connectivity index (χ4v) is 4.26. The lowest BCUT2D eigenvalue weighted by Gasteiger charge is -2.18. The number of nitrogens with zero attached hydrogens (tertiary/aromatic N) is 3. The van der Waals surface area contributed by atoms with Gasteiger partial charge < -0.3 is 14.5 Å². The molecule has 0 fully saturated rings. The first-order valence-electron chi connectivity index (χ1n) is 10.7. The molecule has 0 spiro atoms. The van der Waals surface area contributed by atoms with Gasteiger partial charge in [0.15, 0.2) is 10.9 Å². The molecule has 2 aromatic carbocycles. The van der Waals surface area contributed by atoms with E-state index in [1.807, 2.05) is 71.3 Å². The number of nitrogens with one attached hydrogen (secondary N) is 1. The minimum Gasteiger partial charge on any atom is -0.497 e. The molecular weight excluding hydrogens is 436 g/mol. The smallest absolute Gasteiger partial charge is 0.230 e. The van der Waals surface area contributed by atoms with Gasteiger partial charge >= 0.3 is 0 Å². The Kier molecular flexibility index (Phi) is 7.47. The first-order valence-corrected chi connectivity index (χ1v) is 11.7. The third kappa shape index (κ3) is 5.64. The zero-order chi connectivity index (χ0) is 23.0. The van der Waals surface area contributed by atoms with Gasteiger partial charge in [-0.1, -0.05) is 61.2 Å². The molecule has 4 rings (SSSR count). The molecule has 170 valence electrons. The van der Waals surface area contributed by atoms with Crippen LogP contribution in [-0.4, -0.2) is 33.5 Å². The van der Waals surface area contributed by atoms with E-state index in [-0.39, 0.29) is 17.7 Å². The van der Waals surface area contributed by atoms with Gasteiger partial charge in [-0.25, -0.2) is 0 Å². The lowest BCUT2D eigenvalue weighted by Crippen LogP contribution is -2.29. The minimum atomic E-state index is -0.0649. The maximum absolute atomic E-state index is 12.8. The number of aromatic nitrogens is 3. The predicted molar refractivity (Wildman–Crippen MR) is 128 cm³/mol. The number of methoxy groups -OCH3 is 1. The molecule has 2 heterocycles. The van der Waals surface area contributed by atoms with E-state index in [2.05, 4.69) is 22.4 Å². The SMILES string of the molecule is CCC(NC(=O)CSc1nnc(-c2ccco2)n1Cc1ccccc1)c1ccc(OC)cc1. The Labute approximate surface area is 197 Å². The summed E-state index contributed by atoms with van der Waals surface area (Å²) in [6.45, 7) is 2.63. The Morgan fingerprint density at radius 3 is 2.55 bits per heavy atom. The van der Waals surface area contributed by atoms with Crippen LogP contribution in [0.25, 0.3) is 11.6 Å². The van der Waals surface area contributed by atoms with Crippen molar-refractivity contribution in [3.05, 3.63) is 84.1 Å². The molecule has 0 saturated carbocycles. The quantitative estimate of drug-likeness (QED) is 0.336. The maximum Gasteiger partial charge on any atom is 0.230 e. The molecule has 0 bridgehead atoms. The topological polar surface area (TPSA) is 82.2 Å². The fraction of sp³-hybridized carbons (Fsp3) is 0.240. The lowest BCUT2D eigenvalue weighted by atomic mass is 10.0. The van der Waals surface area contributed by atoms with Gasteiger partial charge in [-0.15, -0.1) is 10.2 Å². The van der Waals surface area contributed by atoms with Crippen LogP contribution in [0, 0.1) is 0 Å². The van der Waals surface area contributed by atoms with E-state index in [9.17, 15) is 4.79 Å². The van der Waals surface area contributed by atoms with Crippen LogP contribution in [-0.2, 0) is 11.3 Å². The molecule has 8 heteroatoms. The molecule has 2 aromatic heterocycles. The van der Waals surface area contributed by atoms with E-state index in [0.717, 1.165) is 23.3 Å². The van der Waals surface area contributed by atoms with Crippen LogP contribution in [0.2, 0.25) is 0 Å². The summed E-state index contributed by atoms with van der Waals surface area (Å²) in [5, 5.41) is 12.4. The van der Waals surface area contributed by atoms with Crippen molar-refractivity contribution in [2.75, 3.05) is 12.9 Å². The molecule has 1 atom stereocenters. The van der Waals surface area contributed by atoms with Crippen molar-refractivity contribution < 1.29 is 13.9 Å². The van der Waals surface area contributed by atoms with Crippen molar-refractivity contribution in [2.45, 2.75) is 31.1 Å². The van der Waals surface area contributed by atoms with Crippen LogP contribution in [0.15, 0.2) is 82.6 Å². The Hall–Kier alpha value is -3.52. The molecule has 1 unspecified atom stereocenters. The van der Waals surface area contributed by atoms with Crippen LogP contribution >= 0.6 is 11.8 Å². The Balaban J connectivity index is 1.46. The van der Waals surface area contributed by atoms with Gasteiger partial charge in [-0.3, -0.25) is 9.36 Å². The third-order valence-corrected chi connectivity index (χ3v) is 6.20. The van der Waals surface area contributed by atoms with E-state index >= 15 is 0 Å². The molecule has 0 aliphatic rings. The molecule has 7 nitrogen and oxygen atoms in total. The number of hydrogen-bond donors (Lipinski definition) is 1. The summed E-state index contributed by atoms with van der Waals surface area (Å²) in [6.07, 6.45) is 2.40. The van der Waals surface area contributed by atoms with Gasteiger partial charge in [0, 0.05) is 0 Å². The van der Waals surface area contributed by atoms with Crippen molar-refractivity contribution in [3.63, 3.8) is 0 Å². The summed E-state index contributed by atoms with van der Waals surface area (Å²) < 4.78 is 12.7. The van der Waals surface area contributed by atoms with E-state index in [0.29, 0.717) is 23.3 Å². The van der Waals surface area contributed by atoms with Gasteiger partial charge in [-0.2, -0.15) is 0 Å². The fourth-order valence-electron chi connectivity index (χ4n) is 3.52. The van der Waals surface area contributed by atoms with Gasteiger partial charge in [0.2, 0.25) is 11.7 Å². The number of furan rings is 1. The number of thioether (sulfide) groups is 1. The highest BCUT2D eigenvalue weighted by molar-refractivity contribution is 7.99. The minimum absolute atomic E-state index is 0.0588. The number of carbonyl (C=O) groups is 1. The summed E-state index contributed by atoms with van der Waals surface area (Å²) in [5.74, 6) is 2.24. The zero-order valence-corrected chi connectivity index (χ0v) is 19.4. The van der Waals surface area contributed by atoms with Gasteiger partial charge in [0.05, 0.1) is 31.7 Å². The highest BCUT2D eigenvalue weighted by Gasteiger charge is 2.19. The molecular formula is C25H26N4O3S. The summed E-state index contributed by atoms with van der Waals surface area (Å²) in [5.41, 5.74) is 2.16. The number of benzene rings is 2. The zero-order valence-electron chi connectivity index (χ0n) is 18.6. The summed E-state index contributed by atoms with van der Waals surface area (Å²) in [4.78, 5) is 12.8. The number of carbonyl (C=O) groups excluding carboxylic acids is 1. The molecule has 0 radical (unpaired) electrons. The molecule has 33 heavy (non-hydrogen) atoms. The van der Waals surface area contributed by atoms with E-state index in [4.69, 9.17) is 9.15 Å². The molecule has 4 aromatic rings. The monoisotopic (exact) mass is 462 g/mol. The van der Waals surface area contributed by atoms with Crippen LogP contribution in [0.3, 0.4) is 0 Å². The first kappa shape index (κ1) is 22.7. The number of ether oxygens (including phenoxy) is 1. The van der Waals surface area contributed by atoms with Crippen molar-refractivity contribution in [3.8, 4) is 17.3 Å². The van der Waals surface area contributed by atoms with Crippen LogP contribution in [0.1, 0.15) is 30.5 Å². The average molecular weight is 463 g/mol. The number of rotatable bonds is 10.